The Bertz CT molecular complexity index is 242. The molecule has 1 atom stereocenters. The van der Waals surface area contributed by atoms with Crippen LogP contribution in [0.2, 0.25) is 0 Å². The molecule has 0 spiro atoms. The van der Waals surface area contributed by atoms with Crippen molar-refractivity contribution in [1.82, 2.24) is 10.2 Å². The first kappa shape index (κ1) is 15.4. The van der Waals surface area contributed by atoms with E-state index in [1.165, 1.54) is 0 Å². The molecule has 0 radical (unpaired) electrons. The molecule has 1 aliphatic heterocycles. The first-order chi connectivity index (χ1) is 8.69. The molecule has 0 aromatic carbocycles. The van der Waals surface area contributed by atoms with Crippen molar-refractivity contribution in [1.29, 1.82) is 0 Å². The van der Waals surface area contributed by atoms with Gasteiger partial charge in [0.1, 0.15) is 6.61 Å². The lowest BCUT2D eigenvalue weighted by atomic mass is 10.1. The highest BCUT2D eigenvalue weighted by atomic mass is 16.5. The molecular formula is C13H26N2O3. The smallest absolute Gasteiger partial charge is 0.248 e. The lowest BCUT2D eigenvalue weighted by Gasteiger charge is -2.29. The summed E-state index contributed by atoms with van der Waals surface area (Å²) >= 11 is 0. The maximum atomic E-state index is 12.1. The van der Waals surface area contributed by atoms with Gasteiger partial charge in [0.2, 0.25) is 5.91 Å². The lowest BCUT2D eigenvalue weighted by molar-refractivity contribution is -0.141. The predicted molar refractivity (Wildman–Crippen MR) is 70.6 cm³/mol. The Labute approximate surface area is 110 Å². The largest absolute Gasteiger partial charge is 0.383 e. The highest BCUT2D eigenvalue weighted by molar-refractivity contribution is 5.77. The highest BCUT2D eigenvalue weighted by Gasteiger charge is 2.20. The quantitative estimate of drug-likeness (QED) is 0.728. The monoisotopic (exact) mass is 258 g/mol. The number of carbonyl (C=O) groups excluding carboxylic acids is 1. The Hall–Kier alpha value is -0.650. The molecule has 1 saturated heterocycles. The van der Waals surface area contributed by atoms with Gasteiger partial charge in [0, 0.05) is 13.7 Å². The van der Waals surface area contributed by atoms with E-state index in [1.54, 1.807) is 7.11 Å². The third kappa shape index (κ3) is 4.92. The number of amides is 1. The number of rotatable bonds is 7. The van der Waals surface area contributed by atoms with Gasteiger partial charge in [-0.2, -0.15) is 0 Å². The van der Waals surface area contributed by atoms with Gasteiger partial charge >= 0.3 is 0 Å². The summed E-state index contributed by atoms with van der Waals surface area (Å²) in [5.41, 5.74) is 0. The molecule has 1 amide bonds. The van der Waals surface area contributed by atoms with E-state index in [-0.39, 0.29) is 24.7 Å². The van der Waals surface area contributed by atoms with Crippen molar-refractivity contribution >= 4 is 5.91 Å². The van der Waals surface area contributed by atoms with Crippen LogP contribution < -0.4 is 5.32 Å². The van der Waals surface area contributed by atoms with E-state index >= 15 is 0 Å². The van der Waals surface area contributed by atoms with Crippen molar-refractivity contribution in [2.24, 2.45) is 0 Å². The Kier molecular flexibility index (Phi) is 7.23. The Morgan fingerprint density at radius 2 is 2.11 bits per heavy atom. The minimum absolute atomic E-state index is 0.0561. The molecule has 1 rings (SSSR count). The second-order valence-corrected chi connectivity index (χ2v) is 4.74. The molecule has 1 N–H and O–H groups in total. The van der Waals surface area contributed by atoms with E-state index in [0.29, 0.717) is 13.2 Å². The maximum absolute atomic E-state index is 12.1. The normalized spacial score (nSPS) is 18.6. The van der Waals surface area contributed by atoms with Gasteiger partial charge in [0.05, 0.1) is 18.8 Å². The van der Waals surface area contributed by atoms with Crippen molar-refractivity contribution < 1.29 is 14.3 Å². The number of nitrogens with one attached hydrogen (secondary N) is 1. The average Bonchev–Trinajstić information content (AvgIpc) is 2.39. The number of piperidine rings is 1. The second-order valence-electron chi connectivity index (χ2n) is 4.74. The van der Waals surface area contributed by atoms with Gasteiger partial charge in [0.25, 0.3) is 0 Å². The van der Waals surface area contributed by atoms with Crippen LogP contribution >= 0.6 is 0 Å². The molecule has 0 aliphatic carbocycles. The minimum atomic E-state index is 0.0561. The number of hydrogen-bond donors (Lipinski definition) is 1. The fourth-order valence-corrected chi connectivity index (χ4v) is 2.30. The maximum Gasteiger partial charge on any atom is 0.248 e. The molecule has 18 heavy (non-hydrogen) atoms. The fraction of sp³-hybridized carbons (Fsp3) is 0.923. The summed E-state index contributed by atoms with van der Waals surface area (Å²) in [6, 6.07) is 0.101. The Balaban J connectivity index is 2.32. The Morgan fingerprint density at radius 3 is 2.67 bits per heavy atom. The number of nitrogens with zero attached hydrogens (tertiary/aromatic N) is 1. The zero-order valence-electron chi connectivity index (χ0n) is 11.8. The topological polar surface area (TPSA) is 50.8 Å². The lowest BCUT2D eigenvalue weighted by Crippen LogP contribution is -2.44. The number of methoxy groups -OCH3 is 1. The fourth-order valence-electron chi connectivity index (χ4n) is 2.30. The van der Waals surface area contributed by atoms with Gasteiger partial charge in [0.15, 0.2) is 0 Å². The van der Waals surface area contributed by atoms with Crippen LogP contribution in [0.4, 0.5) is 0 Å². The van der Waals surface area contributed by atoms with E-state index in [9.17, 15) is 4.79 Å². The van der Waals surface area contributed by atoms with E-state index in [2.05, 4.69) is 5.32 Å². The number of carbonyl (C=O) groups is 1. The van der Waals surface area contributed by atoms with E-state index in [1.807, 2.05) is 18.7 Å². The third-order valence-electron chi connectivity index (χ3n) is 3.33. The molecule has 0 bridgehead atoms. The number of likely N-dealkylation sites (N-methyl/N-ethyl adjacent to an activating group) is 1. The molecule has 5 heteroatoms. The van der Waals surface area contributed by atoms with Crippen molar-refractivity contribution in [3.8, 4) is 0 Å². The van der Waals surface area contributed by atoms with Crippen molar-refractivity contribution in [2.45, 2.75) is 38.8 Å². The first-order valence-electron chi connectivity index (χ1n) is 6.79. The van der Waals surface area contributed by atoms with Crippen LogP contribution in [-0.2, 0) is 14.3 Å². The van der Waals surface area contributed by atoms with Crippen LogP contribution in [0, 0.1) is 0 Å². The minimum Gasteiger partial charge on any atom is -0.383 e. The van der Waals surface area contributed by atoms with Crippen LogP contribution in [-0.4, -0.2) is 62.9 Å². The summed E-state index contributed by atoms with van der Waals surface area (Å²) in [4.78, 5) is 13.9. The predicted octanol–water partition coefficient (Wildman–Crippen LogP) is 0.638. The van der Waals surface area contributed by atoms with E-state index in [4.69, 9.17) is 9.47 Å². The molecular weight excluding hydrogens is 232 g/mol. The average molecular weight is 258 g/mol. The zero-order valence-corrected chi connectivity index (χ0v) is 11.8. The van der Waals surface area contributed by atoms with Crippen molar-refractivity contribution in [2.75, 3.05) is 40.0 Å². The third-order valence-corrected chi connectivity index (χ3v) is 3.33. The molecule has 1 heterocycles. The van der Waals surface area contributed by atoms with Gasteiger partial charge in [-0.05, 0) is 39.8 Å². The SMILES string of the molecule is CCN(C(=O)COC1CCNCC1)C(C)COC. The molecule has 0 saturated carbocycles. The zero-order chi connectivity index (χ0) is 13.4. The first-order valence-corrected chi connectivity index (χ1v) is 6.79. The second kappa shape index (κ2) is 8.45. The summed E-state index contributed by atoms with van der Waals surface area (Å²) in [6.45, 7) is 7.38. The standard InChI is InChI=1S/C13H26N2O3/c1-4-15(11(2)9-17-3)13(16)10-18-12-5-7-14-8-6-12/h11-12,14H,4-10H2,1-3H3. The summed E-state index contributed by atoms with van der Waals surface area (Å²) in [5.74, 6) is 0.0561. The molecule has 1 fully saturated rings. The van der Waals surface area contributed by atoms with Crippen LogP contribution in [0.5, 0.6) is 0 Å². The van der Waals surface area contributed by atoms with Crippen molar-refractivity contribution in [3.63, 3.8) is 0 Å². The van der Waals surface area contributed by atoms with Gasteiger partial charge in [-0.1, -0.05) is 0 Å². The van der Waals surface area contributed by atoms with Gasteiger partial charge in [-0.3, -0.25) is 4.79 Å². The van der Waals surface area contributed by atoms with Gasteiger partial charge < -0.3 is 19.7 Å². The highest BCUT2D eigenvalue weighted by Crippen LogP contribution is 2.08. The van der Waals surface area contributed by atoms with E-state index < -0.39 is 0 Å². The van der Waals surface area contributed by atoms with Gasteiger partial charge in [-0.15, -0.1) is 0 Å². The van der Waals surface area contributed by atoms with Crippen LogP contribution in [0.1, 0.15) is 26.7 Å². The molecule has 0 aromatic heterocycles. The molecule has 5 nitrogen and oxygen atoms in total. The van der Waals surface area contributed by atoms with Crippen LogP contribution in [0.25, 0.3) is 0 Å². The van der Waals surface area contributed by atoms with E-state index in [0.717, 1.165) is 25.9 Å². The Morgan fingerprint density at radius 1 is 1.44 bits per heavy atom. The molecule has 0 aromatic rings. The summed E-state index contributed by atoms with van der Waals surface area (Å²) in [5, 5.41) is 3.28. The summed E-state index contributed by atoms with van der Waals surface area (Å²) < 4.78 is 10.8. The van der Waals surface area contributed by atoms with Gasteiger partial charge in [-0.25, -0.2) is 0 Å². The van der Waals surface area contributed by atoms with Crippen LogP contribution in [0.3, 0.4) is 0 Å². The molecule has 1 unspecified atom stereocenters. The number of hydrogen-bond acceptors (Lipinski definition) is 4. The summed E-state index contributed by atoms with van der Waals surface area (Å²) in [7, 11) is 1.65. The number of ether oxygens (including phenoxy) is 2. The van der Waals surface area contributed by atoms with Crippen molar-refractivity contribution in [3.05, 3.63) is 0 Å². The summed E-state index contributed by atoms with van der Waals surface area (Å²) in [6.07, 6.45) is 2.21. The van der Waals surface area contributed by atoms with Crippen LogP contribution in [0.15, 0.2) is 0 Å². The molecule has 1 aliphatic rings. The molecule has 106 valence electrons.